The van der Waals surface area contributed by atoms with E-state index in [0.717, 1.165) is 12.8 Å². The highest BCUT2D eigenvalue weighted by Gasteiger charge is 2.53. The fraction of sp³-hybridized carbons (Fsp3) is 0.600. The van der Waals surface area contributed by atoms with E-state index in [2.05, 4.69) is 0 Å². The van der Waals surface area contributed by atoms with E-state index in [-0.39, 0.29) is 36.9 Å². The van der Waals surface area contributed by atoms with Crippen LogP contribution in [0.3, 0.4) is 0 Å². The van der Waals surface area contributed by atoms with Gasteiger partial charge in [0.2, 0.25) is 0 Å². The number of amides is 4. The molecule has 2 heterocycles. The van der Waals surface area contributed by atoms with Crippen molar-refractivity contribution in [1.82, 2.24) is 9.96 Å². The number of Topliss-reactive ketones (excluding diaryl/α,β-unsaturated/α-hetero) is 1. The molecule has 0 aromatic rings. The summed E-state index contributed by atoms with van der Waals surface area (Å²) in [5, 5.41) is 0.492. The van der Waals surface area contributed by atoms with E-state index in [1.165, 1.54) is 17.1 Å². The Labute approximate surface area is 168 Å². The van der Waals surface area contributed by atoms with Gasteiger partial charge < -0.3 is 4.84 Å². The van der Waals surface area contributed by atoms with Crippen LogP contribution in [0.1, 0.15) is 64.2 Å². The fourth-order valence-electron chi connectivity index (χ4n) is 3.76. The number of unbranched alkanes of at least 4 members (excludes halogenated alkanes) is 3. The Bertz CT molecular complexity index is 748. The molecule has 1 aliphatic carbocycles. The van der Waals surface area contributed by atoms with Crippen molar-refractivity contribution in [3.05, 3.63) is 12.2 Å². The van der Waals surface area contributed by atoms with Gasteiger partial charge in [0.25, 0.3) is 23.6 Å². The molecule has 9 nitrogen and oxygen atoms in total. The van der Waals surface area contributed by atoms with Gasteiger partial charge in [0, 0.05) is 38.0 Å². The summed E-state index contributed by atoms with van der Waals surface area (Å²) in [6.07, 6.45) is 6.89. The van der Waals surface area contributed by atoms with Crippen LogP contribution in [0, 0.1) is 5.41 Å². The Balaban J connectivity index is 1.40. The first kappa shape index (κ1) is 20.9. The summed E-state index contributed by atoms with van der Waals surface area (Å²) < 4.78 is 0. The monoisotopic (exact) mass is 404 g/mol. The molecule has 0 atom stereocenters. The molecule has 3 rings (SSSR count). The molecule has 3 aliphatic rings. The van der Waals surface area contributed by atoms with E-state index < -0.39 is 23.2 Å². The normalized spacial score (nSPS) is 20.4. The molecule has 29 heavy (non-hydrogen) atoms. The molecule has 2 fully saturated rings. The maximum atomic E-state index is 12.7. The summed E-state index contributed by atoms with van der Waals surface area (Å²) in [7, 11) is 0. The molecule has 0 aromatic heterocycles. The minimum absolute atomic E-state index is 0.0117. The Morgan fingerprint density at radius 2 is 1.48 bits per heavy atom. The van der Waals surface area contributed by atoms with Gasteiger partial charge in [-0.15, -0.1) is 5.06 Å². The minimum atomic E-state index is -1.25. The van der Waals surface area contributed by atoms with Crippen molar-refractivity contribution in [2.45, 2.75) is 64.2 Å². The quantitative estimate of drug-likeness (QED) is 0.305. The first-order chi connectivity index (χ1) is 13.8. The number of hydroxylamine groups is 2. The van der Waals surface area contributed by atoms with Crippen molar-refractivity contribution in [2.24, 2.45) is 5.41 Å². The molecular formula is C20H24N2O7. The second-order valence-electron chi connectivity index (χ2n) is 7.65. The van der Waals surface area contributed by atoms with Crippen LogP contribution in [0.5, 0.6) is 0 Å². The van der Waals surface area contributed by atoms with Crippen molar-refractivity contribution in [3.8, 4) is 0 Å². The van der Waals surface area contributed by atoms with Crippen molar-refractivity contribution >= 4 is 35.4 Å². The third-order valence-corrected chi connectivity index (χ3v) is 5.75. The van der Waals surface area contributed by atoms with E-state index in [9.17, 15) is 28.8 Å². The SMILES string of the molecule is O=C1C=CC(=O)N1CCCCCCC(=O)C1(C(=O)ON2C(=O)CCC2=O)CCC1. The lowest BCUT2D eigenvalue weighted by atomic mass is 9.65. The van der Waals surface area contributed by atoms with Gasteiger partial charge >= 0.3 is 5.97 Å². The lowest BCUT2D eigenvalue weighted by Gasteiger charge is -2.37. The number of ketones is 1. The maximum absolute atomic E-state index is 12.7. The molecule has 9 heteroatoms. The summed E-state index contributed by atoms with van der Waals surface area (Å²) in [6, 6.07) is 0. The summed E-state index contributed by atoms with van der Waals surface area (Å²) >= 11 is 0. The predicted molar refractivity (Wildman–Crippen MR) is 97.4 cm³/mol. The lowest BCUT2D eigenvalue weighted by molar-refractivity contribution is -0.209. The average Bonchev–Trinajstić information content (AvgIpc) is 3.13. The largest absolute Gasteiger partial charge is 0.346 e. The van der Waals surface area contributed by atoms with Gasteiger partial charge in [-0.05, 0) is 25.7 Å². The fourth-order valence-corrected chi connectivity index (χ4v) is 3.76. The van der Waals surface area contributed by atoms with Crippen LogP contribution < -0.4 is 0 Å². The summed E-state index contributed by atoms with van der Waals surface area (Å²) in [5.74, 6) is -2.75. The topological polar surface area (TPSA) is 118 Å². The van der Waals surface area contributed by atoms with Crippen molar-refractivity contribution in [3.63, 3.8) is 0 Å². The van der Waals surface area contributed by atoms with Gasteiger partial charge in [-0.3, -0.25) is 28.9 Å². The van der Waals surface area contributed by atoms with E-state index in [0.29, 0.717) is 43.7 Å². The van der Waals surface area contributed by atoms with Crippen molar-refractivity contribution < 1.29 is 33.6 Å². The third-order valence-electron chi connectivity index (χ3n) is 5.75. The summed E-state index contributed by atoms with van der Waals surface area (Å²) in [6.45, 7) is 0.354. The standard InChI is InChI=1S/C20H24N2O7/c23-14(6-3-1-2-4-13-21-15(24)7-8-16(21)25)20(11-5-12-20)19(28)29-22-17(26)9-10-18(22)27/h7-8H,1-6,9-13H2. The highest BCUT2D eigenvalue weighted by atomic mass is 16.7. The second-order valence-corrected chi connectivity index (χ2v) is 7.65. The van der Waals surface area contributed by atoms with E-state index in [4.69, 9.17) is 4.84 Å². The van der Waals surface area contributed by atoms with Crippen LogP contribution in [0.15, 0.2) is 12.2 Å². The molecule has 1 saturated carbocycles. The van der Waals surface area contributed by atoms with Crippen molar-refractivity contribution in [2.75, 3.05) is 6.54 Å². The first-order valence-corrected chi connectivity index (χ1v) is 10.0. The highest BCUT2D eigenvalue weighted by molar-refractivity contribution is 6.12. The molecule has 0 spiro atoms. The Morgan fingerprint density at radius 3 is 2.03 bits per heavy atom. The first-order valence-electron chi connectivity index (χ1n) is 10.0. The smallest absolute Gasteiger partial charge is 0.329 e. The van der Waals surface area contributed by atoms with Crippen LogP contribution in [-0.4, -0.2) is 51.9 Å². The van der Waals surface area contributed by atoms with Gasteiger partial charge in [0.1, 0.15) is 11.2 Å². The number of hydrogen-bond donors (Lipinski definition) is 0. The van der Waals surface area contributed by atoms with E-state index >= 15 is 0 Å². The number of imide groups is 2. The van der Waals surface area contributed by atoms with Gasteiger partial charge in [-0.2, -0.15) is 0 Å². The molecule has 156 valence electrons. The van der Waals surface area contributed by atoms with Crippen LogP contribution in [0.4, 0.5) is 0 Å². The van der Waals surface area contributed by atoms with Gasteiger partial charge in [0.05, 0.1) is 0 Å². The minimum Gasteiger partial charge on any atom is -0.329 e. The molecule has 0 bridgehead atoms. The molecule has 0 aromatic carbocycles. The number of carbonyl (C=O) groups is 6. The predicted octanol–water partition coefficient (Wildman–Crippen LogP) is 1.21. The lowest BCUT2D eigenvalue weighted by Crippen LogP contribution is -2.49. The van der Waals surface area contributed by atoms with E-state index in [1.807, 2.05) is 0 Å². The number of carbonyl (C=O) groups excluding carboxylic acids is 6. The van der Waals surface area contributed by atoms with Crippen LogP contribution >= 0.6 is 0 Å². The zero-order valence-corrected chi connectivity index (χ0v) is 16.2. The third kappa shape index (κ3) is 4.28. The average molecular weight is 404 g/mol. The maximum Gasteiger partial charge on any atom is 0.346 e. The molecule has 0 radical (unpaired) electrons. The molecule has 0 N–H and O–H groups in total. The number of nitrogens with zero attached hydrogens (tertiary/aromatic N) is 2. The number of hydrogen-bond acceptors (Lipinski definition) is 7. The highest BCUT2D eigenvalue weighted by Crippen LogP contribution is 2.44. The summed E-state index contributed by atoms with van der Waals surface area (Å²) in [4.78, 5) is 77.5. The van der Waals surface area contributed by atoms with Gasteiger partial charge in [0.15, 0.2) is 0 Å². The van der Waals surface area contributed by atoms with Crippen LogP contribution in [0.2, 0.25) is 0 Å². The Hall–Kier alpha value is -2.84. The zero-order valence-electron chi connectivity index (χ0n) is 16.2. The second kappa shape index (κ2) is 8.67. The van der Waals surface area contributed by atoms with Gasteiger partial charge in [-0.1, -0.05) is 19.3 Å². The Morgan fingerprint density at radius 1 is 0.897 bits per heavy atom. The molecule has 0 unspecified atom stereocenters. The number of rotatable bonds is 10. The van der Waals surface area contributed by atoms with Gasteiger partial charge in [-0.25, -0.2) is 4.79 Å². The molecule has 1 saturated heterocycles. The van der Waals surface area contributed by atoms with E-state index in [1.54, 1.807) is 0 Å². The molecule has 2 aliphatic heterocycles. The van der Waals surface area contributed by atoms with Crippen LogP contribution in [0.25, 0.3) is 0 Å². The van der Waals surface area contributed by atoms with Crippen molar-refractivity contribution in [1.29, 1.82) is 0 Å². The molecular weight excluding hydrogens is 380 g/mol. The Kier molecular flexibility index (Phi) is 6.24. The van der Waals surface area contributed by atoms with Crippen LogP contribution in [-0.2, 0) is 33.6 Å². The summed E-state index contributed by atoms with van der Waals surface area (Å²) in [5.41, 5.74) is -1.25. The molecule has 4 amide bonds. The zero-order chi connectivity index (χ0) is 21.0.